The monoisotopic (exact) mass is 551 g/mol. The van der Waals surface area contributed by atoms with Crippen molar-refractivity contribution in [2.24, 2.45) is 16.7 Å². The smallest absolute Gasteiger partial charge is 0.175 e. The summed E-state index contributed by atoms with van der Waals surface area (Å²) in [6.45, 7) is 6.21. The highest BCUT2D eigenvalue weighted by Crippen LogP contribution is 2.66. The Kier molecular flexibility index (Phi) is 6.21. The van der Waals surface area contributed by atoms with Gasteiger partial charge in [0.1, 0.15) is 6.61 Å². The molecule has 178 valence electrons. The molecule has 0 radical (unpaired) electrons. The first-order valence-corrected chi connectivity index (χ1v) is 13.3. The Labute approximate surface area is 215 Å². The quantitative estimate of drug-likeness (QED) is 0.375. The van der Waals surface area contributed by atoms with Crippen molar-refractivity contribution >= 4 is 39.1 Å². The Hall–Kier alpha value is -0.940. The van der Waals surface area contributed by atoms with Gasteiger partial charge in [-0.05, 0) is 101 Å². The van der Waals surface area contributed by atoms with E-state index >= 15 is 0 Å². The summed E-state index contributed by atoms with van der Waals surface area (Å²) in [7, 11) is 1.68. The molecule has 6 rings (SSSR count). The fourth-order valence-corrected chi connectivity index (χ4v) is 8.81. The van der Waals surface area contributed by atoms with Gasteiger partial charge in [0, 0.05) is 27.7 Å². The van der Waals surface area contributed by atoms with E-state index in [2.05, 4.69) is 47.2 Å². The average Bonchev–Trinajstić information content (AvgIpc) is 2.69. The van der Waals surface area contributed by atoms with Crippen molar-refractivity contribution in [2.75, 3.05) is 7.11 Å². The number of hydrogen-bond acceptors (Lipinski definition) is 3. The number of halogens is 3. The number of methoxy groups -OCH3 is 1. The minimum absolute atomic E-state index is 0.267. The largest absolute Gasteiger partial charge is 0.493 e. The summed E-state index contributed by atoms with van der Waals surface area (Å²) in [5, 5.41) is 5.22. The molecule has 4 saturated carbocycles. The number of nitrogens with one attached hydrogen (secondary N) is 1. The predicted molar refractivity (Wildman–Crippen MR) is 138 cm³/mol. The van der Waals surface area contributed by atoms with Gasteiger partial charge in [0.05, 0.1) is 11.6 Å². The van der Waals surface area contributed by atoms with Gasteiger partial charge in [-0.3, -0.25) is 0 Å². The first kappa shape index (κ1) is 23.8. The fourth-order valence-electron chi connectivity index (χ4n) is 7.74. The van der Waals surface area contributed by atoms with Crippen LogP contribution in [0.1, 0.15) is 63.5 Å². The highest BCUT2D eigenvalue weighted by Gasteiger charge is 2.59. The zero-order chi connectivity index (χ0) is 23.4. The van der Waals surface area contributed by atoms with Gasteiger partial charge >= 0.3 is 0 Å². The van der Waals surface area contributed by atoms with Gasteiger partial charge in [0.15, 0.2) is 11.5 Å². The Morgan fingerprint density at radius 1 is 1.03 bits per heavy atom. The summed E-state index contributed by atoms with van der Waals surface area (Å²) >= 11 is 16.0. The van der Waals surface area contributed by atoms with Crippen molar-refractivity contribution in [3.05, 3.63) is 56.0 Å². The van der Waals surface area contributed by atoms with E-state index in [0.29, 0.717) is 33.2 Å². The van der Waals surface area contributed by atoms with E-state index in [0.717, 1.165) is 28.2 Å². The SMILES string of the molecule is COc1cc(CNC23CC4C[C@@](C)(C2)C[C@](C)(C4)C3)cc(Br)c1OCc1ccc(Cl)cc1Cl. The molecule has 1 N–H and O–H groups in total. The summed E-state index contributed by atoms with van der Waals surface area (Å²) in [6, 6.07) is 9.65. The third kappa shape index (κ3) is 4.78. The minimum Gasteiger partial charge on any atom is -0.493 e. The van der Waals surface area contributed by atoms with Gasteiger partial charge in [-0.1, -0.05) is 43.1 Å². The minimum atomic E-state index is 0.267. The lowest BCUT2D eigenvalue weighted by Gasteiger charge is -2.65. The summed E-state index contributed by atoms with van der Waals surface area (Å²) in [5.74, 6) is 2.28. The third-order valence-corrected chi connectivity index (χ3v) is 9.15. The Morgan fingerprint density at radius 3 is 2.39 bits per heavy atom. The number of rotatable bonds is 7. The lowest BCUT2D eigenvalue weighted by Crippen LogP contribution is -2.63. The molecule has 0 spiro atoms. The number of benzene rings is 2. The van der Waals surface area contributed by atoms with Crippen molar-refractivity contribution < 1.29 is 9.47 Å². The molecule has 0 saturated heterocycles. The summed E-state index contributed by atoms with van der Waals surface area (Å²) in [6.07, 6.45) is 8.13. The van der Waals surface area contributed by atoms with Gasteiger partial charge in [-0.15, -0.1) is 0 Å². The fraction of sp³-hybridized carbons (Fsp3) is 0.556. The van der Waals surface area contributed by atoms with Crippen molar-refractivity contribution in [1.82, 2.24) is 5.32 Å². The molecule has 0 aromatic heterocycles. The molecule has 4 bridgehead atoms. The van der Waals surface area contributed by atoms with Crippen LogP contribution in [-0.2, 0) is 13.2 Å². The highest BCUT2D eigenvalue weighted by molar-refractivity contribution is 9.10. The molecule has 0 aliphatic heterocycles. The molecule has 2 aromatic carbocycles. The molecule has 4 atom stereocenters. The molecule has 3 nitrogen and oxygen atoms in total. The van der Waals surface area contributed by atoms with E-state index in [4.69, 9.17) is 32.7 Å². The van der Waals surface area contributed by atoms with Crippen LogP contribution in [0.3, 0.4) is 0 Å². The standard InChI is InChI=1S/C27H32BrCl2NO2/c1-25-9-18-10-26(2,14-25)16-27(11-18,15-25)31-12-17-6-21(28)24(23(7-17)32-3)33-13-19-4-5-20(29)8-22(19)30/h4-8,18,31H,9-16H2,1-3H3/t18?,25-,26+,27?. The second kappa shape index (κ2) is 8.62. The van der Waals surface area contributed by atoms with E-state index in [1.165, 1.54) is 44.1 Å². The Balaban J connectivity index is 1.30. The molecule has 4 fully saturated rings. The molecular formula is C27H32BrCl2NO2. The van der Waals surface area contributed by atoms with Crippen molar-refractivity contribution in [2.45, 2.75) is 71.1 Å². The van der Waals surface area contributed by atoms with E-state index in [1.54, 1.807) is 13.2 Å². The van der Waals surface area contributed by atoms with Crippen molar-refractivity contribution in [1.29, 1.82) is 0 Å². The van der Waals surface area contributed by atoms with Crippen LogP contribution in [-0.4, -0.2) is 12.6 Å². The topological polar surface area (TPSA) is 30.5 Å². The first-order valence-electron chi connectivity index (χ1n) is 11.8. The molecule has 6 heteroatoms. The highest BCUT2D eigenvalue weighted by atomic mass is 79.9. The van der Waals surface area contributed by atoms with Crippen LogP contribution in [0.5, 0.6) is 11.5 Å². The summed E-state index contributed by atoms with van der Waals surface area (Å²) < 4.78 is 12.7. The third-order valence-electron chi connectivity index (χ3n) is 7.97. The van der Waals surface area contributed by atoms with Crippen LogP contribution in [0.15, 0.2) is 34.8 Å². The number of hydrogen-bond donors (Lipinski definition) is 1. The van der Waals surface area contributed by atoms with Crippen molar-refractivity contribution in [3.63, 3.8) is 0 Å². The first-order chi connectivity index (χ1) is 15.6. The van der Waals surface area contributed by atoms with Crippen LogP contribution >= 0.6 is 39.1 Å². The van der Waals surface area contributed by atoms with E-state index < -0.39 is 0 Å². The van der Waals surface area contributed by atoms with Crippen LogP contribution in [0, 0.1) is 16.7 Å². The second-order valence-electron chi connectivity index (χ2n) is 11.4. The average molecular weight is 553 g/mol. The molecule has 0 heterocycles. The van der Waals surface area contributed by atoms with Crippen LogP contribution in [0.4, 0.5) is 0 Å². The molecule has 2 aromatic rings. The van der Waals surface area contributed by atoms with Crippen LogP contribution in [0.2, 0.25) is 10.0 Å². The lowest BCUT2D eigenvalue weighted by molar-refractivity contribution is -0.118. The lowest BCUT2D eigenvalue weighted by atomic mass is 9.43. The molecule has 33 heavy (non-hydrogen) atoms. The van der Waals surface area contributed by atoms with E-state index in [1.807, 2.05) is 12.1 Å². The van der Waals surface area contributed by atoms with Gasteiger partial charge in [-0.2, -0.15) is 0 Å². The number of ether oxygens (including phenoxy) is 2. The maximum absolute atomic E-state index is 6.31. The van der Waals surface area contributed by atoms with Gasteiger partial charge in [-0.25, -0.2) is 0 Å². The molecule has 4 aliphatic rings. The zero-order valence-electron chi connectivity index (χ0n) is 19.6. The summed E-state index contributed by atoms with van der Waals surface area (Å²) in [4.78, 5) is 0. The Bertz CT molecular complexity index is 1060. The maximum Gasteiger partial charge on any atom is 0.175 e. The Morgan fingerprint density at radius 2 is 1.76 bits per heavy atom. The van der Waals surface area contributed by atoms with E-state index in [-0.39, 0.29) is 5.54 Å². The van der Waals surface area contributed by atoms with Gasteiger partial charge in [0.25, 0.3) is 0 Å². The zero-order valence-corrected chi connectivity index (χ0v) is 22.7. The molecule has 0 amide bonds. The molecular weight excluding hydrogens is 521 g/mol. The predicted octanol–water partition coefficient (Wildman–Crippen LogP) is 8.18. The molecule has 2 unspecified atom stereocenters. The van der Waals surface area contributed by atoms with Crippen LogP contribution in [0.25, 0.3) is 0 Å². The van der Waals surface area contributed by atoms with E-state index in [9.17, 15) is 0 Å². The second-order valence-corrected chi connectivity index (χ2v) is 13.1. The molecule has 4 aliphatic carbocycles. The normalized spacial score (nSPS) is 32.2. The van der Waals surface area contributed by atoms with Gasteiger partial charge in [0.2, 0.25) is 0 Å². The summed E-state index contributed by atoms with van der Waals surface area (Å²) in [5.41, 5.74) is 3.34. The maximum atomic E-state index is 6.31. The van der Waals surface area contributed by atoms with Crippen molar-refractivity contribution in [3.8, 4) is 11.5 Å². The van der Waals surface area contributed by atoms with Gasteiger partial charge < -0.3 is 14.8 Å². The van der Waals surface area contributed by atoms with Crippen LogP contribution < -0.4 is 14.8 Å².